The number of hydrogen-bond acceptors (Lipinski definition) is 4. The van der Waals surface area contributed by atoms with Crippen LogP contribution in [0.3, 0.4) is 0 Å². The molecule has 6 nitrogen and oxygen atoms in total. The van der Waals surface area contributed by atoms with Crippen LogP contribution in [0.4, 0.5) is 0 Å². The Morgan fingerprint density at radius 3 is 2.71 bits per heavy atom. The van der Waals surface area contributed by atoms with Crippen LogP contribution in [0.1, 0.15) is 38.5 Å². The van der Waals surface area contributed by atoms with E-state index in [1.807, 2.05) is 18.2 Å². The summed E-state index contributed by atoms with van der Waals surface area (Å²) in [5.74, 6) is 0.174. The number of carboxylic acids is 1. The number of ether oxygens (including phenoxy) is 1. The van der Waals surface area contributed by atoms with Crippen molar-refractivity contribution in [2.24, 2.45) is 10.8 Å². The molecule has 126 valence electrons. The molecule has 6 heteroatoms. The number of aliphatic carboxylic acids is 1. The van der Waals surface area contributed by atoms with Crippen LogP contribution in [-0.4, -0.2) is 32.9 Å². The van der Waals surface area contributed by atoms with Crippen LogP contribution in [0.2, 0.25) is 0 Å². The van der Waals surface area contributed by atoms with Crippen molar-refractivity contribution in [2.45, 2.75) is 38.5 Å². The molecule has 0 spiro atoms. The summed E-state index contributed by atoms with van der Waals surface area (Å²) in [5.41, 5.74) is 1.72. The summed E-state index contributed by atoms with van der Waals surface area (Å²) >= 11 is 0. The summed E-state index contributed by atoms with van der Waals surface area (Å²) in [4.78, 5) is 15.4. The quantitative estimate of drug-likeness (QED) is 0.726. The summed E-state index contributed by atoms with van der Waals surface area (Å²) in [6.45, 7) is 0.672. The number of nitrogens with zero attached hydrogens (tertiary/aromatic N) is 2. The average molecular weight is 327 g/mol. The zero-order chi connectivity index (χ0) is 16.6. The van der Waals surface area contributed by atoms with Crippen molar-refractivity contribution >= 4 is 5.97 Å². The molecular weight excluding hydrogens is 306 g/mol. The molecule has 0 unspecified atom stereocenters. The van der Waals surface area contributed by atoms with E-state index in [-0.39, 0.29) is 5.41 Å². The van der Waals surface area contributed by atoms with E-state index in [4.69, 9.17) is 9.84 Å². The van der Waals surface area contributed by atoms with Crippen LogP contribution in [0.15, 0.2) is 30.6 Å². The number of rotatable bonds is 8. The maximum Gasteiger partial charge on any atom is 0.309 e. The van der Waals surface area contributed by atoms with E-state index in [9.17, 15) is 4.79 Å². The third-order valence-corrected chi connectivity index (χ3v) is 5.48. The fourth-order valence-corrected chi connectivity index (χ4v) is 4.31. The molecule has 2 aromatic heterocycles. The zero-order valence-electron chi connectivity index (χ0n) is 13.5. The van der Waals surface area contributed by atoms with Crippen molar-refractivity contribution in [1.82, 2.24) is 15.2 Å². The molecule has 3 saturated carbocycles. The normalized spacial score (nSPS) is 27.2. The van der Waals surface area contributed by atoms with Gasteiger partial charge in [0.1, 0.15) is 5.75 Å². The van der Waals surface area contributed by atoms with E-state index in [0.29, 0.717) is 12.0 Å². The first kappa shape index (κ1) is 15.2. The van der Waals surface area contributed by atoms with Crippen molar-refractivity contribution < 1.29 is 14.6 Å². The van der Waals surface area contributed by atoms with E-state index < -0.39 is 5.97 Å². The van der Waals surface area contributed by atoms with Gasteiger partial charge in [0.25, 0.3) is 0 Å². The number of carboxylic acid groups (broad SMARTS) is 1. The fraction of sp³-hybridized carbons (Fsp3) is 0.500. The number of carbonyl (C=O) groups is 1. The summed E-state index contributed by atoms with van der Waals surface area (Å²) in [7, 11) is 0. The third-order valence-electron chi connectivity index (χ3n) is 5.48. The van der Waals surface area contributed by atoms with Crippen molar-refractivity contribution in [2.75, 3.05) is 6.61 Å². The maximum absolute atomic E-state index is 11.1. The first-order valence-corrected chi connectivity index (χ1v) is 8.43. The number of aromatic amines is 1. The van der Waals surface area contributed by atoms with E-state index >= 15 is 0 Å². The Bertz CT molecular complexity index is 705. The summed E-state index contributed by atoms with van der Waals surface area (Å²) in [6, 6.07) is 5.71. The molecule has 5 rings (SSSR count). The van der Waals surface area contributed by atoms with Crippen molar-refractivity contribution in [1.29, 1.82) is 0 Å². The van der Waals surface area contributed by atoms with Gasteiger partial charge in [-0.3, -0.25) is 14.9 Å². The Morgan fingerprint density at radius 2 is 2.08 bits per heavy atom. The summed E-state index contributed by atoms with van der Waals surface area (Å²) in [6.07, 6.45) is 9.29. The van der Waals surface area contributed by atoms with Gasteiger partial charge < -0.3 is 9.84 Å². The van der Waals surface area contributed by atoms with Gasteiger partial charge in [0.15, 0.2) is 0 Å². The van der Waals surface area contributed by atoms with Crippen molar-refractivity contribution in [3.63, 3.8) is 0 Å². The van der Waals surface area contributed by atoms with Gasteiger partial charge >= 0.3 is 5.97 Å². The zero-order valence-corrected chi connectivity index (χ0v) is 13.5. The van der Waals surface area contributed by atoms with Gasteiger partial charge in [-0.15, -0.1) is 0 Å². The monoisotopic (exact) mass is 327 g/mol. The van der Waals surface area contributed by atoms with Gasteiger partial charge in [0, 0.05) is 6.20 Å². The molecule has 0 aromatic carbocycles. The summed E-state index contributed by atoms with van der Waals surface area (Å²) in [5, 5.41) is 15.9. The Hall–Kier alpha value is -2.37. The van der Waals surface area contributed by atoms with Gasteiger partial charge in [-0.05, 0) is 62.1 Å². The Balaban J connectivity index is 1.16. The molecule has 3 aliphatic carbocycles. The molecular formula is C18H21N3O3. The second-order valence-corrected chi connectivity index (χ2v) is 7.27. The highest BCUT2D eigenvalue weighted by molar-refractivity contribution is 5.79. The van der Waals surface area contributed by atoms with Crippen molar-refractivity contribution in [3.05, 3.63) is 30.6 Å². The average Bonchev–Trinajstić information content (AvgIpc) is 3.02. The van der Waals surface area contributed by atoms with Crippen LogP contribution < -0.4 is 4.74 Å². The molecule has 0 aliphatic heterocycles. The van der Waals surface area contributed by atoms with E-state index in [0.717, 1.165) is 55.7 Å². The van der Waals surface area contributed by atoms with E-state index in [2.05, 4.69) is 15.2 Å². The molecule has 0 atom stereocenters. The minimum atomic E-state index is -0.598. The highest BCUT2D eigenvalue weighted by Crippen LogP contribution is 2.75. The predicted molar refractivity (Wildman–Crippen MR) is 87.5 cm³/mol. The highest BCUT2D eigenvalue weighted by atomic mass is 16.5. The lowest BCUT2D eigenvalue weighted by molar-refractivity contribution is -0.225. The largest absolute Gasteiger partial charge is 0.492 e. The predicted octanol–water partition coefficient (Wildman–Crippen LogP) is 3.28. The van der Waals surface area contributed by atoms with Crippen molar-refractivity contribution in [3.8, 4) is 17.1 Å². The summed E-state index contributed by atoms with van der Waals surface area (Å²) < 4.78 is 5.73. The molecule has 3 aliphatic rings. The topological polar surface area (TPSA) is 88.1 Å². The van der Waals surface area contributed by atoms with Gasteiger partial charge in [0.2, 0.25) is 0 Å². The molecule has 0 saturated heterocycles. The highest BCUT2D eigenvalue weighted by Gasteiger charge is 2.70. The lowest BCUT2D eigenvalue weighted by atomic mass is 9.34. The molecule has 2 bridgehead atoms. The third kappa shape index (κ3) is 2.56. The van der Waals surface area contributed by atoms with E-state index in [1.165, 1.54) is 0 Å². The number of nitrogens with one attached hydrogen (secondary N) is 1. The van der Waals surface area contributed by atoms with Gasteiger partial charge in [-0.2, -0.15) is 5.10 Å². The van der Waals surface area contributed by atoms with E-state index in [1.54, 1.807) is 12.4 Å². The molecule has 2 heterocycles. The number of unbranched alkanes of at least 4 members (excludes halogenated alkanes) is 1. The molecule has 2 aromatic rings. The van der Waals surface area contributed by atoms with Gasteiger partial charge in [0.05, 0.1) is 29.6 Å². The number of aromatic nitrogens is 3. The van der Waals surface area contributed by atoms with Crippen LogP contribution in [0.25, 0.3) is 11.4 Å². The lowest BCUT2D eigenvalue weighted by Crippen LogP contribution is -2.65. The minimum absolute atomic E-state index is 0.339. The molecule has 2 N–H and O–H groups in total. The van der Waals surface area contributed by atoms with Gasteiger partial charge in [-0.25, -0.2) is 0 Å². The number of H-pyrrole nitrogens is 1. The Morgan fingerprint density at radius 1 is 1.25 bits per heavy atom. The second-order valence-electron chi connectivity index (χ2n) is 7.27. The first-order chi connectivity index (χ1) is 11.6. The standard InChI is InChI=1S/C18H21N3O3/c22-16(23)18-10-17(11-18,12-18)6-1-2-8-24-13-3-4-14(19-9-13)15-5-7-20-21-15/h3-5,7,9H,1-2,6,8,10-12H2,(H,20,21)(H,22,23)/t17-,18-. The molecule has 0 radical (unpaired) electrons. The SMILES string of the molecule is O=C(O)[C@]12C[C@](CCCCOc3ccc(-c4ccn[nH]4)nc3)(C1)C2. The Kier molecular flexibility index (Phi) is 3.55. The second kappa shape index (κ2) is 5.61. The minimum Gasteiger partial charge on any atom is -0.492 e. The maximum atomic E-state index is 11.1. The Labute approximate surface area is 140 Å². The smallest absolute Gasteiger partial charge is 0.309 e. The molecule has 3 fully saturated rings. The van der Waals surface area contributed by atoms with Gasteiger partial charge in [-0.1, -0.05) is 0 Å². The van der Waals surface area contributed by atoms with Crippen LogP contribution in [0.5, 0.6) is 5.75 Å². The fourth-order valence-electron chi connectivity index (χ4n) is 4.31. The van der Waals surface area contributed by atoms with Crippen LogP contribution in [0, 0.1) is 10.8 Å². The lowest BCUT2D eigenvalue weighted by Gasteiger charge is -2.68. The molecule has 0 amide bonds. The number of pyridine rings is 1. The number of hydrogen-bond donors (Lipinski definition) is 2. The first-order valence-electron chi connectivity index (χ1n) is 8.43. The molecule has 24 heavy (non-hydrogen) atoms. The van der Waals surface area contributed by atoms with Crippen LogP contribution >= 0.6 is 0 Å². The van der Waals surface area contributed by atoms with Crippen LogP contribution in [-0.2, 0) is 4.79 Å².